The standard InChI is InChI=1S/C12H11BrN4O3/c13-7-1-3-8(4-2-7)15-10(18)6-17-5-9(14)11(16-17)12(19)20/h1-5H,6,14H2,(H,15,18)(H,19,20). The Hall–Kier alpha value is -2.35. The number of carboxylic acids is 1. The van der Waals surface area contributed by atoms with Gasteiger partial charge >= 0.3 is 5.97 Å². The highest BCUT2D eigenvalue weighted by molar-refractivity contribution is 9.10. The average molecular weight is 339 g/mol. The van der Waals surface area contributed by atoms with Crippen LogP contribution in [0.3, 0.4) is 0 Å². The molecule has 0 atom stereocenters. The summed E-state index contributed by atoms with van der Waals surface area (Å²) in [7, 11) is 0. The molecule has 2 aromatic rings. The molecule has 104 valence electrons. The molecule has 8 heteroatoms. The lowest BCUT2D eigenvalue weighted by Crippen LogP contribution is -2.19. The second-order valence-electron chi connectivity index (χ2n) is 3.99. The minimum atomic E-state index is -1.23. The van der Waals surface area contributed by atoms with Gasteiger partial charge in [0.25, 0.3) is 0 Å². The summed E-state index contributed by atoms with van der Waals surface area (Å²) in [6, 6.07) is 7.07. The number of nitrogens with one attached hydrogen (secondary N) is 1. The number of halogens is 1. The van der Waals surface area contributed by atoms with Crippen LogP contribution in [0.2, 0.25) is 0 Å². The Morgan fingerprint density at radius 2 is 2.00 bits per heavy atom. The number of nitrogens with zero attached hydrogens (tertiary/aromatic N) is 2. The quantitative estimate of drug-likeness (QED) is 0.783. The van der Waals surface area contributed by atoms with Gasteiger partial charge in [0.2, 0.25) is 5.91 Å². The first kappa shape index (κ1) is 14.1. The lowest BCUT2D eigenvalue weighted by atomic mass is 10.3. The Balaban J connectivity index is 2.03. The summed E-state index contributed by atoms with van der Waals surface area (Å²) in [5.74, 6) is -1.55. The second-order valence-corrected chi connectivity index (χ2v) is 4.91. The summed E-state index contributed by atoms with van der Waals surface area (Å²) in [4.78, 5) is 22.6. The van der Waals surface area contributed by atoms with Crippen molar-refractivity contribution in [2.75, 3.05) is 11.1 Å². The molecule has 0 aliphatic carbocycles. The number of anilines is 2. The number of amides is 1. The van der Waals surface area contributed by atoms with Crippen LogP contribution in [0.25, 0.3) is 0 Å². The normalized spacial score (nSPS) is 10.2. The summed E-state index contributed by atoms with van der Waals surface area (Å²) in [6.07, 6.45) is 1.31. The van der Waals surface area contributed by atoms with Crippen LogP contribution in [0.4, 0.5) is 11.4 Å². The van der Waals surface area contributed by atoms with Crippen molar-refractivity contribution < 1.29 is 14.7 Å². The van der Waals surface area contributed by atoms with Gasteiger partial charge in [-0.1, -0.05) is 15.9 Å². The van der Waals surface area contributed by atoms with E-state index >= 15 is 0 Å². The molecular weight excluding hydrogens is 328 g/mol. The molecule has 0 aliphatic rings. The molecule has 1 heterocycles. The van der Waals surface area contributed by atoms with Gasteiger partial charge in [0.15, 0.2) is 5.69 Å². The predicted molar refractivity (Wildman–Crippen MR) is 76.4 cm³/mol. The van der Waals surface area contributed by atoms with Gasteiger partial charge in [0, 0.05) is 16.4 Å². The zero-order chi connectivity index (χ0) is 14.7. The molecule has 20 heavy (non-hydrogen) atoms. The maximum atomic E-state index is 11.8. The highest BCUT2D eigenvalue weighted by Gasteiger charge is 2.14. The number of aromatic nitrogens is 2. The van der Waals surface area contributed by atoms with E-state index in [2.05, 4.69) is 26.3 Å². The van der Waals surface area contributed by atoms with Crippen molar-refractivity contribution in [1.29, 1.82) is 0 Å². The van der Waals surface area contributed by atoms with Gasteiger partial charge in [-0.05, 0) is 24.3 Å². The molecule has 0 bridgehead atoms. The number of nitrogen functional groups attached to an aromatic ring is 1. The van der Waals surface area contributed by atoms with E-state index in [1.54, 1.807) is 24.3 Å². The lowest BCUT2D eigenvalue weighted by Gasteiger charge is -2.05. The minimum Gasteiger partial charge on any atom is -0.476 e. The van der Waals surface area contributed by atoms with E-state index in [0.29, 0.717) is 5.69 Å². The van der Waals surface area contributed by atoms with Crippen LogP contribution in [0.1, 0.15) is 10.5 Å². The average Bonchev–Trinajstić information content (AvgIpc) is 2.73. The van der Waals surface area contributed by atoms with Crippen LogP contribution in [-0.4, -0.2) is 26.8 Å². The SMILES string of the molecule is Nc1cn(CC(=O)Nc2ccc(Br)cc2)nc1C(=O)O. The number of aromatic carboxylic acids is 1. The highest BCUT2D eigenvalue weighted by atomic mass is 79.9. The van der Waals surface area contributed by atoms with Gasteiger partial charge in [0.05, 0.1) is 5.69 Å². The topological polar surface area (TPSA) is 110 Å². The Morgan fingerprint density at radius 3 is 2.55 bits per heavy atom. The van der Waals surface area contributed by atoms with Crippen LogP contribution in [0, 0.1) is 0 Å². The Kier molecular flexibility index (Phi) is 4.04. The van der Waals surface area contributed by atoms with E-state index < -0.39 is 5.97 Å². The molecule has 1 aromatic carbocycles. The number of nitrogens with two attached hydrogens (primary N) is 1. The Morgan fingerprint density at radius 1 is 1.35 bits per heavy atom. The zero-order valence-corrected chi connectivity index (χ0v) is 11.8. The van der Waals surface area contributed by atoms with Crippen molar-refractivity contribution in [3.05, 3.63) is 40.6 Å². The second kappa shape index (κ2) is 5.74. The largest absolute Gasteiger partial charge is 0.476 e. The Labute approximate surface area is 122 Å². The predicted octanol–water partition coefficient (Wildman–Crippen LogP) is 1.56. The van der Waals surface area contributed by atoms with Gasteiger partial charge in [-0.2, -0.15) is 5.10 Å². The van der Waals surface area contributed by atoms with Crippen molar-refractivity contribution >= 4 is 39.2 Å². The van der Waals surface area contributed by atoms with Crippen LogP contribution < -0.4 is 11.1 Å². The molecule has 7 nitrogen and oxygen atoms in total. The van der Waals surface area contributed by atoms with E-state index in [4.69, 9.17) is 10.8 Å². The molecule has 0 spiro atoms. The fourth-order valence-electron chi connectivity index (χ4n) is 1.56. The fraction of sp³-hybridized carbons (Fsp3) is 0.0833. The van der Waals surface area contributed by atoms with Gasteiger partial charge in [-0.15, -0.1) is 0 Å². The molecule has 1 amide bonds. The summed E-state index contributed by atoms with van der Waals surface area (Å²) in [5.41, 5.74) is 5.88. The van der Waals surface area contributed by atoms with Gasteiger partial charge in [-0.25, -0.2) is 4.79 Å². The molecule has 0 aliphatic heterocycles. The summed E-state index contributed by atoms with van der Waals surface area (Å²) in [5, 5.41) is 15.2. The number of carbonyl (C=O) groups is 2. The maximum Gasteiger partial charge on any atom is 0.358 e. The van der Waals surface area contributed by atoms with E-state index in [0.717, 1.165) is 4.47 Å². The first-order valence-corrected chi connectivity index (χ1v) is 6.36. The lowest BCUT2D eigenvalue weighted by molar-refractivity contribution is -0.116. The van der Waals surface area contributed by atoms with Crippen molar-refractivity contribution in [1.82, 2.24) is 9.78 Å². The minimum absolute atomic E-state index is 0.0222. The molecule has 0 unspecified atom stereocenters. The molecule has 0 saturated heterocycles. The van der Waals surface area contributed by atoms with Crippen molar-refractivity contribution in [2.24, 2.45) is 0 Å². The van der Waals surface area contributed by atoms with Gasteiger partial charge < -0.3 is 16.2 Å². The van der Waals surface area contributed by atoms with Gasteiger partial charge in [0.1, 0.15) is 6.54 Å². The Bertz CT molecular complexity index is 651. The van der Waals surface area contributed by atoms with E-state index in [9.17, 15) is 9.59 Å². The molecule has 4 N–H and O–H groups in total. The van der Waals surface area contributed by atoms with Crippen molar-refractivity contribution in [3.8, 4) is 0 Å². The monoisotopic (exact) mass is 338 g/mol. The van der Waals surface area contributed by atoms with Crippen molar-refractivity contribution in [3.63, 3.8) is 0 Å². The van der Waals surface area contributed by atoms with Gasteiger partial charge in [-0.3, -0.25) is 9.48 Å². The van der Waals surface area contributed by atoms with Crippen molar-refractivity contribution in [2.45, 2.75) is 6.54 Å². The molecule has 2 rings (SSSR count). The number of carbonyl (C=O) groups excluding carboxylic acids is 1. The van der Waals surface area contributed by atoms with E-state index in [1.165, 1.54) is 10.9 Å². The third kappa shape index (κ3) is 3.35. The van der Waals surface area contributed by atoms with Crippen LogP contribution >= 0.6 is 15.9 Å². The summed E-state index contributed by atoms with van der Waals surface area (Å²) in [6.45, 7) is -0.118. The van der Waals surface area contributed by atoms with E-state index in [1.807, 2.05) is 0 Å². The van der Waals surface area contributed by atoms with Crippen LogP contribution in [0.5, 0.6) is 0 Å². The summed E-state index contributed by atoms with van der Waals surface area (Å²) >= 11 is 3.29. The molecular formula is C12H11BrN4O3. The third-order valence-electron chi connectivity index (χ3n) is 2.43. The highest BCUT2D eigenvalue weighted by Crippen LogP contribution is 2.14. The smallest absolute Gasteiger partial charge is 0.358 e. The molecule has 0 saturated carbocycles. The first-order valence-electron chi connectivity index (χ1n) is 5.57. The maximum absolute atomic E-state index is 11.8. The van der Waals surface area contributed by atoms with Crippen LogP contribution in [-0.2, 0) is 11.3 Å². The zero-order valence-electron chi connectivity index (χ0n) is 10.2. The molecule has 0 radical (unpaired) electrons. The molecule has 0 fully saturated rings. The number of rotatable bonds is 4. The molecule has 1 aromatic heterocycles. The fourth-order valence-corrected chi connectivity index (χ4v) is 1.83. The number of hydrogen-bond donors (Lipinski definition) is 3. The number of carboxylic acid groups (broad SMARTS) is 1. The first-order chi connectivity index (χ1) is 9.45. The number of benzene rings is 1. The summed E-state index contributed by atoms with van der Waals surface area (Å²) < 4.78 is 2.09. The van der Waals surface area contributed by atoms with Crippen LogP contribution in [0.15, 0.2) is 34.9 Å². The third-order valence-corrected chi connectivity index (χ3v) is 2.95. The number of hydrogen-bond acceptors (Lipinski definition) is 4. The van der Waals surface area contributed by atoms with E-state index in [-0.39, 0.29) is 23.8 Å².